The summed E-state index contributed by atoms with van der Waals surface area (Å²) in [6.07, 6.45) is 2.12. The Bertz CT molecular complexity index is 862. The van der Waals surface area contributed by atoms with E-state index in [9.17, 15) is 14.9 Å². The van der Waals surface area contributed by atoms with Crippen LogP contribution in [0.1, 0.15) is 28.8 Å². The van der Waals surface area contributed by atoms with Crippen LogP contribution in [0.25, 0.3) is 0 Å². The summed E-state index contributed by atoms with van der Waals surface area (Å²) in [5.74, 6) is 0.521. The Labute approximate surface area is 164 Å². The van der Waals surface area contributed by atoms with Gasteiger partial charge in [0.2, 0.25) is 0 Å². The predicted molar refractivity (Wildman–Crippen MR) is 108 cm³/mol. The van der Waals surface area contributed by atoms with Gasteiger partial charge in [0.05, 0.1) is 22.7 Å². The van der Waals surface area contributed by atoms with E-state index in [4.69, 9.17) is 4.74 Å². The molecule has 0 N–H and O–H groups in total. The van der Waals surface area contributed by atoms with Gasteiger partial charge in [-0.3, -0.25) is 14.9 Å². The lowest BCUT2D eigenvalue weighted by Crippen LogP contribution is -2.32. The van der Waals surface area contributed by atoms with Crippen molar-refractivity contribution in [3.8, 4) is 5.75 Å². The van der Waals surface area contributed by atoms with Gasteiger partial charge in [-0.2, -0.15) is 0 Å². The van der Waals surface area contributed by atoms with Gasteiger partial charge in [-0.05, 0) is 43.5 Å². The van der Waals surface area contributed by atoms with Crippen molar-refractivity contribution in [1.82, 2.24) is 4.90 Å². The summed E-state index contributed by atoms with van der Waals surface area (Å²) in [6.45, 7) is 4.44. The number of hydrogen-bond donors (Lipinski definition) is 0. The lowest BCUT2D eigenvalue weighted by Gasteiger charge is -2.24. The summed E-state index contributed by atoms with van der Waals surface area (Å²) in [5, 5.41) is 11.2. The second-order valence-electron chi connectivity index (χ2n) is 7.04. The van der Waals surface area contributed by atoms with Crippen molar-refractivity contribution >= 4 is 17.3 Å². The molecule has 2 aromatic carbocycles. The Morgan fingerprint density at radius 2 is 1.96 bits per heavy atom. The van der Waals surface area contributed by atoms with Crippen LogP contribution in [-0.4, -0.2) is 49.0 Å². The molecular formula is C21H25N3O4. The van der Waals surface area contributed by atoms with Gasteiger partial charge in [0.15, 0.2) is 0 Å². The maximum Gasteiger partial charge on any atom is 0.270 e. The number of nitrogens with zero attached hydrogens (tertiary/aromatic N) is 3. The van der Waals surface area contributed by atoms with Gasteiger partial charge >= 0.3 is 0 Å². The van der Waals surface area contributed by atoms with E-state index >= 15 is 0 Å². The zero-order chi connectivity index (χ0) is 20.1. The number of anilines is 1. The maximum absolute atomic E-state index is 13.0. The topological polar surface area (TPSA) is 75.9 Å². The summed E-state index contributed by atoms with van der Waals surface area (Å²) in [4.78, 5) is 27.4. The highest BCUT2D eigenvalue weighted by Gasteiger charge is 2.24. The third kappa shape index (κ3) is 4.60. The molecule has 1 aliphatic heterocycles. The fourth-order valence-electron chi connectivity index (χ4n) is 3.36. The molecule has 2 aromatic rings. The molecule has 1 heterocycles. The zero-order valence-electron chi connectivity index (χ0n) is 16.3. The van der Waals surface area contributed by atoms with E-state index in [0.717, 1.165) is 42.9 Å². The monoisotopic (exact) mass is 383 g/mol. The van der Waals surface area contributed by atoms with E-state index in [1.807, 2.05) is 31.2 Å². The van der Waals surface area contributed by atoms with Crippen molar-refractivity contribution < 1.29 is 14.5 Å². The van der Waals surface area contributed by atoms with Crippen LogP contribution >= 0.6 is 0 Å². The van der Waals surface area contributed by atoms with Crippen LogP contribution in [0.4, 0.5) is 11.4 Å². The molecule has 0 unspecified atom stereocenters. The second-order valence-corrected chi connectivity index (χ2v) is 7.04. The van der Waals surface area contributed by atoms with E-state index in [1.165, 1.54) is 12.1 Å². The van der Waals surface area contributed by atoms with Crippen LogP contribution in [0.15, 0.2) is 42.5 Å². The molecule has 0 spiro atoms. The Balaban J connectivity index is 1.72. The Kier molecular flexibility index (Phi) is 6.13. The first kappa shape index (κ1) is 19.7. The fourth-order valence-corrected chi connectivity index (χ4v) is 3.36. The van der Waals surface area contributed by atoms with Crippen molar-refractivity contribution in [2.24, 2.45) is 0 Å². The molecule has 1 aliphatic rings. The first-order valence-corrected chi connectivity index (χ1v) is 9.44. The normalized spacial score (nSPS) is 13.4. The smallest absolute Gasteiger partial charge is 0.270 e. The lowest BCUT2D eigenvalue weighted by molar-refractivity contribution is -0.384. The number of benzene rings is 2. The number of carbonyl (C=O) groups excluding carboxylic acids is 1. The number of carbonyl (C=O) groups is 1. The SMILES string of the molecule is Cc1cccc(OCCN(C)C(=O)c2cc([N+](=O)[O-])ccc2N2CCCC2)c1. The molecule has 28 heavy (non-hydrogen) atoms. The van der Waals surface area contributed by atoms with Crippen LogP contribution in [0.3, 0.4) is 0 Å². The van der Waals surface area contributed by atoms with Gasteiger partial charge < -0.3 is 14.5 Å². The van der Waals surface area contributed by atoms with Crippen molar-refractivity contribution in [1.29, 1.82) is 0 Å². The van der Waals surface area contributed by atoms with Gasteiger partial charge in [0, 0.05) is 32.3 Å². The van der Waals surface area contributed by atoms with Crippen LogP contribution in [0.5, 0.6) is 5.75 Å². The van der Waals surface area contributed by atoms with Crippen molar-refractivity contribution in [3.63, 3.8) is 0 Å². The van der Waals surface area contributed by atoms with Crippen LogP contribution in [0, 0.1) is 17.0 Å². The minimum Gasteiger partial charge on any atom is -0.492 e. The molecular weight excluding hydrogens is 358 g/mol. The van der Waals surface area contributed by atoms with Gasteiger partial charge in [0.25, 0.3) is 11.6 Å². The average Bonchev–Trinajstić information content (AvgIpc) is 3.21. The number of rotatable bonds is 7. The molecule has 0 aliphatic carbocycles. The van der Waals surface area contributed by atoms with Crippen molar-refractivity contribution in [3.05, 3.63) is 63.7 Å². The van der Waals surface area contributed by atoms with E-state index < -0.39 is 4.92 Å². The quantitative estimate of drug-likeness (QED) is 0.539. The number of ether oxygens (including phenoxy) is 1. The summed E-state index contributed by atoms with van der Waals surface area (Å²) in [7, 11) is 1.69. The van der Waals surface area contributed by atoms with Gasteiger partial charge in [-0.25, -0.2) is 0 Å². The molecule has 0 bridgehead atoms. The first-order valence-electron chi connectivity index (χ1n) is 9.44. The molecule has 0 saturated carbocycles. The Hall–Kier alpha value is -3.09. The van der Waals surface area contributed by atoms with Gasteiger partial charge in [-0.1, -0.05) is 12.1 Å². The molecule has 1 saturated heterocycles. The van der Waals surface area contributed by atoms with Crippen molar-refractivity contribution in [2.75, 3.05) is 38.2 Å². The number of amides is 1. The molecule has 7 heteroatoms. The highest BCUT2D eigenvalue weighted by molar-refractivity contribution is 6.00. The van der Waals surface area contributed by atoms with Crippen molar-refractivity contribution in [2.45, 2.75) is 19.8 Å². The van der Waals surface area contributed by atoms with Crippen LogP contribution in [-0.2, 0) is 0 Å². The molecule has 0 atom stereocenters. The molecule has 1 fully saturated rings. The van der Waals surface area contributed by atoms with Crippen LogP contribution < -0.4 is 9.64 Å². The Morgan fingerprint density at radius 3 is 2.64 bits per heavy atom. The largest absolute Gasteiger partial charge is 0.492 e. The summed E-state index contributed by atoms with van der Waals surface area (Å²) < 4.78 is 5.72. The molecule has 148 valence electrons. The summed E-state index contributed by atoms with van der Waals surface area (Å²) in [6, 6.07) is 12.3. The predicted octanol–water partition coefficient (Wildman–Crippen LogP) is 3.65. The van der Waals surface area contributed by atoms with Gasteiger partial charge in [0.1, 0.15) is 12.4 Å². The van der Waals surface area contributed by atoms with E-state index in [0.29, 0.717) is 18.7 Å². The average molecular weight is 383 g/mol. The number of aryl methyl sites for hydroxylation is 1. The minimum atomic E-state index is -0.467. The number of likely N-dealkylation sites (N-methyl/N-ethyl adjacent to an activating group) is 1. The minimum absolute atomic E-state index is 0.0734. The molecule has 1 amide bonds. The molecule has 0 radical (unpaired) electrons. The molecule has 7 nitrogen and oxygen atoms in total. The van der Waals surface area contributed by atoms with E-state index in [1.54, 1.807) is 18.0 Å². The fraction of sp³-hybridized carbons (Fsp3) is 0.381. The number of hydrogen-bond acceptors (Lipinski definition) is 5. The maximum atomic E-state index is 13.0. The number of non-ortho nitro benzene ring substituents is 1. The van der Waals surface area contributed by atoms with Crippen LogP contribution in [0.2, 0.25) is 0 Å². The highest BCUT2D eigenvalue weighted by atomic mass is 16.6. The zero-order valence-corrected chi connectivity index (χ0v) is 16.3. The first-order chi connectivity index (χ1) is 13.5. The lowest BCUT2D eigenvalue weighted by atomic mass is 10.1. The highest BCUT2D eigenvalue weighted by Crippen LogP contribution is 2.29. The third-order valence-corrected chi connectivity index (χ3v) is 4.90. The third-order valence-electron chi connectivity index (χ3n) is 4.90. The second kappa shape index (κ2) is 8.73. The van der Waals surface area contributed by atoms with E-state index in [-0.39, 0.29) is 11.6 Å². The standard InChI is InChI=1S/C21H25N3O4/c1-16-6-5-7-18(14-16)28-13-12-22(2)21(25)19-15-17(24(26)27)8-9-20(19)23-10-3-4-11-23/h5-9,14-15H,3-4,10-13H2,1-2H3. The molecule has 3 rings (SSSR count). The summed E-state index contributed by atoms with van der Waals surface area (Å²) in [5.41, 5.74) is 2.16. The van der Waals surface area contributed by atoms with Gasteiger partial charge in [-0.15, -0.1) is 0 Å². The molecule has 0 aromatic heterocycles. The number of nitro benzene ring substituents is 1. The van der Waals surface area contributed by atoms with E-state index in [2.05, 4.69) is 4.90 Å². The number of nitro groups is 1. The summed E-state index contributed by atoms with van der Waals surface area (Å²) >= 11 is 0. The Morgan fingerprint density at radius 1 is 1.21 bits per heavy atom.